The monoisotopic (exact) mass is 463 g/mol. The number of benzene rings is 1. The highest BCUT2D eigenvalue weighted by Gasteiger charge is 2.60. The number of Topliss-reactive ketones (excluding diaryl/α,β-unsaturated/α-hetero) is 1. The van der Waals surface area contributed by atoms with Gasteiger partial charge in [-0.3, -0.25) is 4.79 Å². The maximum absolute atomic E-state index is 13.5. The fourth-order valence-corrected chi connectivity index (χ4v) is 9.23. The van der Waals surface area contributed by atoms with Crippen molar-refractivity contribution < 1.29 is 4.79 Å². The molecule has 1 heterocycles. The molecule has 0 amide bonds. The second-order valence-corrected chi connectivity index (χ2v) is 12.4. The molecule has 8 atom stereocenters. The number of fused-ring (bicyclic) bond motifs is 6. The van der Waals surface area contributed by atoms with Crippen LogP contribution in [0.5, 0.6) is 0 Å². The van der Waals surface area contributed by atoms with Crippen LogP contribution in [0.15, 0.2) is 24.3 Å². The zero-order chi connectivity index (χ0) is 24.1. The molecule has 0 aliphatic heterocycles. The quantitative estimate of drug-likeness (QED) is 0.479. The first-order valence-electron chi connectivity index (χ1n) is 14.2. The molecule has 4 heteroatoms. The Kier molecular flexibility index (Phi) is 6.40. The highest BCUT2D eigenvalue weighted by molar-refractivity contribution is 5.82. The van der Waals surface area contributed by atoms with Crippen LogP contribution in [0.3, 0.4) is 0 Å². The molecule has 4 saturated carbocycles. The molecule has 0 N–H and O–H groups in total. The molecule has 0 radical (unpaired) electrons. The van der Waals surface area contributed by atoms with Crippen LogP contribution < -0.4 is 0 Å². The van der Waals surface area contributed by atoms with Gasteiger partial charge >= 0.3 is 0 Å². The third-order valence-electron chi connectivity index (χ3n) is 10.9. The Morgan fingerprint density at radius 2 is 1.56 bits per heavy atom. The number of nitrogens with zero attached hydrogens (tertiary/aromatic N) is 3. The predicted molar refractivity (Wildman–Crippen MR) is 138 cm³/mol. The molecule has 7 unspecified atom stereocenters. The first-order chi connectivity index (χ1) is 16.4. The Morgan fingerprint density at radius 1 is 0.912 bits per heavy atom. The topological polar surface area (TPSA) is 47.8 Å². The lowest BCUT2D eigenvalue weighted by Crippen LogP contribution is -2.53. The normalized spacial score (nSPS) is 41.1. The van der Waals surface area contributed by atoms with Gasteiger partial charge in [-0.1, -0.05) is 53.2 Å². The van der Waals surface area contributed by atoms with Crippen LogP contribution in [0.1, 0.15) is 92.4 Å². The van der Waals surface area contributed by atoms with E-state index in [-0.39, 0.29) is 11.3 Å². The number of carbonyl (C=O) groups is 1. The average molecular weight is 464 g/mol. The van der Waals surface area contributed by atoms with Crippen molar-refractivity contribution in [3.05, 3.63) is 24.3 Å². The highest BCUT2D eigenvalue weighted by atomic mass is 16.1. The average Bonchev–Trinajstić information content (AvgIpc) is 3.40. The van der Waals surface area contributed by atoms with Gasteiger partial charge in [0.2, 0.25) is 0 Å². The van der Waals surface area contributed by atoms with Crippen molar-refractivity contribution in [1.29, 1.82) is 0 Å². The standard InChI is InChI=1S/C28H39N3O.C2H6/c1-18-12-14-27(2)19(16-18)8-9-20-21-10-11-23(28(21,3)15-13-22(20)27)26(32)17-31-29-24-6-4-5-7-25(24)30-31;1-2/h4-7,18-23H,8-17H2,1-3H3;1-2H3/t18-,19?,20?,21?,22?,23?,27?,28?;/m0./s1. The van der Waals surface area contributed by atoms with E-state index in [2.05, 4.69) is 31.0 Å². The summed E-state index contributed by atoms with van der Waals surface area (Å²) in [5.74, 6) is 4.86. The van der Waals surface area contributed by atoms with Crippen molar-refractivity contribution in [3.8, 4) is 0 Å². The summed E-state index contributed by atoms with van der Waals surface area (Å²) in [5, 5.41) is 9.12. The maximum Gasteiger partial charge on any atom is 0.159 e. The fraction of sp³-hybridized carbons (Fsp3) is 0.767. The van der Waals surface area contributed by atoms with E-state index in [9.17, 15) is 4.79 Å². The van der Waals surface area contributed by atoms with Crippen molar-refractivity contribution >= 4 is 16.8 Å². The van der Waals surface area contributed by atoms with E-state index in [0.717, 1.165) is 47.0 Å². The van der Waals surface area contributed by atoms with Crippen molar-refractivity contribution in [2.24, 2.45) is 46.3 Å². The molecule has 2 aromatic rings. The zero-order valence-electron chi connectivity index (χ0n) is 22.1. The molecule has 4 nitrogen and oxygen atoms in total. The molecule has 34 heavy (non-hydrogen) atoms. The molecule has 186 valence electrons. The second kappa shape index (κ2) is 9.06. The van der Waals surface area contributed by atoms with E-state index in [1.807, 2.05) is 38.1 Å². The summed E-state index contributed by atoms with van der Waals surface area (Å²) in [4.78, 5) is 15.2. The van der Waals surface area contributed by atoms with Gasteiger partial charge in [-0.15, -0.1) is 0 Å². The third-order valence-corrected chi connectivity index (χ3v) is 10.9. The predicted octanol–water partition coefficient (Wildman–Crippen LogP) is 7.32. The van der Waals surface area contributed by atoms with Crippen LogP contribution in [0.4, 0.5) is 0 Å². The molecule has 0 bridgehead atoms. The summed E-state index contributed by atoms with van der Waals surface area (Å²) >= 11 is 0. The largest absolute Gasteiger partial charge is 0.297 e. The molecule has 4 aliphatic carbocycles. The Bertz CT molecular complexity index is 996. The summed E-state index contributed by atoms with van der Waals surface area (Å²) < 4.78 is 0. The van der Waals surface area contributed by atoms with Crippen molar-refractivity contribution in [2.45, 2.75) is 99.0 Å². The van der Waals surface area contributed by atoms with Crippen LogP contribution in [0.25, 0.3) is 11.0 Å². The Hall–Kier alpha value is -1.71. The Morgan fingerprint density at radius 3 is 2.26 bits per heavy atom. The van der Waals surface area contributed by atoms with E-state index >= 15 is 0 Å². The summed E-state index contributed by atoms with van der Waals surface area (Å²) in [5.41, 5.74) is 2.49. The van der Waals surface area contributed by atoms with Gasteiger partial charge in [0.15, 0.2) is 5.78 Å². The number of ketones is 1. The lowest BCUT2D eigenvalue weighted by atomic mass is 9.44. The molecule has 0 spiro atoms. The number of rotatable bonds is 3. The number of hydrogen-bond acceptors (Lipinski definition) is 3. The van der Waals surface area contributed by atoms with Crippen LogP contribution in [-0.2, 0) is 11.3 Å². The first-order valence-corrected chi connectivity index (χ1v) is 14.2. The van der Waals surface area contributed by atoms with Crippen LogP contribution in [0, 0.1) is 46.3 Å². The van der Waals surface area contributed by atoms with Gasteiger partial charge in [-0.05, 0) is 104 Å². The van der Waals surface area contributed by atoms with Crippen LogP contribution >= 0.6 is 0 Å². The molecule has 1 aromatic carbocycles. The highest BCUT2D eigenvalue weighted by Crippen LogP contribution is 2.67. The minimum atomic E-state index is 0.177. The van der Waals surface area contributed by atoms with Gasteiger partial charge in [0.25, 0.3) is 0 Å². The van der Waals surface area contributed by atoms with E-state index in [1.54, 1.807) is 4.80 Å². The van der Waals surface area contributed by atoms with Crippen molar-refractivity contribution in [2.75, 3.05) is 0 Å². The van der Waals surface area contributed by atoms with Crippen LogP contribution in [-0.4, -0.2) is 20.8 Å². The van der Waals surface area contributed by atoms with Gasteiger partial charge in [-0.2, -0.15) is 15.0 Å². The SMILES string of the molecule is CC.C[C@H]1CCC2(C)C(CCC3C2CCC2(C)C(C(=O)Cn4nc5ccccc5n4)CCC32)C1. The van der Waals surface area contributed by atoms with Gasteiger partial charge < -0.3 is 0 Å². The van der Waals surface area contributed by atoms with Gasteiger partial charge in [0.1, 0.15) is 17.6 Å². The lowest BCUT2D eigenvalue weighted by Gasteiger charge is -2.61. The van der Waals surface area contributed by atoms with Gasteiger partial charge in [-0.25, -0.2) is 0 Å². The minimum absolute atomic E-state index is 0.177. The summed E-state index contributed by atoms with van der Waals surface area (Å²) in [6.45, 7) is 11.9. The molecular weight excluding hydrogens is 418 g/mol. The smallest absolute Gasteiger partial charge is 0.159 e. The van der Waals surface area contributed by atoms with E-state index in [0.29, 0.717) is 17.7 Å². The van der Waals surface area contributed by atoms with E-state index < -0.39 is 0 Å². The maximum atomic E-state index is 13.5. The zero-order valence-corrected chi connectivity index (χ0v) is 22.1. The number of hydrogen-bond donors (Lipinski definition) is 0. The first kappa shape index (κ1) is 24.0. The summed E-state index contributed by atoms with van der Waals surface area (Å²) in [6.07, 6.45) is 12.0. The number of carbonyl (C=O) groups excluding carboxylic acids is 1. The van der Waals surface area contributed by atoms with Gasteiger partial charge in [0, 0.05) is 5.92 Å². The summed E-state index contributed by atoms with van der Waals surface area (Å²) in [7, 11) is 0. The third kappa shape index (κ3) is 3.75. The molecule has 4 aliphatic rings. The van der Waals surface area contributed by atoms with E-state index in [4.69, 9.17) is 0 Å². The molecular formula is C30H45N3O. The Labute approximate surface area is 206 Å². The molecule has 0 saturated heterocycles. The second-order valence-electron chi connectivity index (χ2n) is 12.4. The van der Waals surface area contributed by atoms with Crippen molar-refractivity contribution in [3.63, 3.8) is 0 Å². The molecule has 6 rings (SSSR count). The molecule has 1 aromatic heterocycles. The Balaban J connectivity index is 0.00000117. The lowest BCUT2D eigenvalue weighted by molar-refractivity contribution is -0.137. The van der Waals surface area contributed by atoms with E-state index in [1.165, 1.54) is 51.4 Å². The van der Waals surface area contributed by atoms with Crippen LogP contribution in [0.2, 0.25) is 0 Å². The minimum Gasteiger partial charge on any atom is -0.297 e. The number of aromatic nitrogens is 3. The molecule has 4 fully saturated rings. The summed E-state index contributed by atoms with van der Waals surface area (Å²) in [6, 6.07) is 7.90. The fourth-order valence-electron chi connectivity index (χ4n) is 9.23. The van der Waals surface area contributed by atoms with Gasteiger partial charge in [0.05, 0.1) is 0 Å². The van der Waals surface area contributed by atoms with Crippen molar-refractivity contribution in [1.82, 2.24) is 15.0 Å².